The maximum atomic E-state index is 12.4. The average molecular weight is 517 g/mol. The van der Waals surface area contributed by atoms with Crippen molar-refractivity contribution in [2.24, 2.45) is 0 Å². The number of pyridine rings is 1. The highest BCUT2D eigenvalue weighted by molar-refractivity contribution is 5.92. The van der Waals surface area contributed by atoms with Crippen molar-refractivity contribution < 1.29 is 14.3 Å². The largest absolute Gasteiger partial charge is 0.474 e. The molecule has 0 bridgehead atoms. The van der Waals surface area contributed by atoms with Gasteiger partial charge in [-0.1, -0.05) is 0 Å². The van der Waals surface area contributed by atoms with Crippen LogP contribution in [0.3, 0.4) is 0 Å². The van der Waals surface area contributed by atoms with Gasteiger partial charge in [0.2, 0.25) is 17.7 Å². The highest BCUT2D eigenvalue weighted by Gasteiger charge is 2.24. The van der Waals surface area contributed by atoms with Gasteiger partial charge in [0.05, 0.1) is 43.9 Å². The molecule has 0 radical (unpaired) electrons. The van der Waals surface area contributed by atoms with E-state index in [0.29, 0.717) is 44.7 Å². The van der Waals surface area contributed by atoms with E-state index in [1.165, 1.54) is 0 Å². The molecule has 2 aromatic heterocycles. The standard InChI is InChI=1S/C27H32N8O3/c1-18-23(15-29-26-25(18)28-7-11-38-26)35-8-6-19-14-30-27(33-22(19)16-35)32-21-4-2-20(3-5-21)31-24(36)17-34-9-12-37-13-10-34/h2-5,14-15,28H,6-13,16-17H2,1H3,(H,31,36)(H,30,32,33). The van der Waals surface area contributed by atoms with Crippen LogP contribution in [-0.2, 0) is 22.5 Å². The second-order valence-electron chi connectivity index (χ2n) is 9.70. The monoisotopic (exact) mass is 516 g/mol. The van der Waals surface area contributed by atoms with Crippen molar-refractivity contribution in [2.75, 3.05) is 73.4 Å². The van der Waals surface area contributed by atoms with Crippen LogP contribution in [-0.4, -0.2) is 78.3 Å². The van der Waals surface area contributed by atoms with Crippen molar-refractivity contribution >= 4 is 34.6 Å². The molecule has 11 nitrogen and oxygen atoms in total. The van der Waals surface area contributed by atoms with E-state index in [4.69, 9.17) is 14.5 Å². The Labute approximate surface area is 221 Å². The summed E-state index contributed by atoms with van der Waals surface area (Å²) in [5.41, 5.74) is 6.98. The van der Waals surface area contributed by atoms with Gasteiger partial charge in [-0.3, -0.25) is 9.69 Å². The van der Waals surface area contributed by atoms with Crippen LogP contribution in [0.4, 0.5) is 28.7 Å². The summed E-state index contributed by atoms with van der Waals surface area (Å²) in [6, 6.07) is 7.58. The van der Waals surface area contributed by atoms with Crippen LogP contribution < -0.4 is 25.6 Å². The smallest absolute Gasteiger partial charge is 0.238 e. The van der Waals surface area contributed by atoms with Gasteiger partial charge in [-0.25, -0.2) is 15.0 Å². The highest BCUT2D eigenvalue weighted by atomic mass is 16.5. The van der Waals surface area contributed by atoms with E-state index < -0.39 is 0 Å². The van der Waals surface area contributed by atoms with Gasteiger partial charge >= 0.3 is 0 Å². The van der Waals surface area contributed by atoms with E-state index in [1.807, 2.05) is 36.7 Å². The number of amides is 1. The number of nitrogens with one attached hydrogen (secondary N) is 3. The molecule has 3 aliphatic heterocycles. The molecule has 1 saturated heterocycles. The lowest BCUT2D eigenvalue weighted by molar-refractivity contribution is -0.118. The molecule has 0 unspecified atom stereocenters. The third kappa shape index (κ3) is 5.34. The molecule has 38 heavy (non-hydrogen) atoms. The van der Waals surface area contributed by atoms with E-state index in [9.17, 15) is 4.79 Å². The summed E-state index contributed by atoms with van der Waals surface area (Å²) in [4.78, 5) is 30.7. The minimum absolute atomic E-state index is 0.0251. The zero-order chi connectivity index (χ0) is 25.9. The summed E-state index contributed by atoms with van der Waals surface area (Å²) in [6.07, 6.45) is 4.68. The van der Waals surface area contributed by atoms with Gasteiger partial charge in [-0.2, -0.15) is 0 Å². The Morgan fingerprint density at radius 1 is 1.05 bits per heavy atom. The predicted octanol–water partition coefficient (Wildman–Crippen LogP) is 2.56. The maximum absolute atomic E-state index is 12.4. The predicted molar refractivity (Wildman–Crippen MR) is 145 cm³/mol. The zero-order valence-corrected chi connectivity index (χ0v) is 21.5. The second kappa shape index (κ2) is 10.8. The van der Waals surface area contributed by atoms with Gasteiger partial charge in [-0.15, -0.1) is 0 Å². The Balaban J connectivity index is 1.09. The molecule has 1 aromatic carbocycles. The third-order valence-corrected chi connectivity index (χ3v) is 7.10. The number of hydrogen-bond acceptors (Lipinski definition) is 10. The van der Waals surface area contributed by atoms with E-state index in [2.05, 4.69) is 42.6 Å². The van der Waals surface area contributed by atoms with Crippen LogP contribution in [0.15, 0.2) is 36.7 Å². The normalized spacial score (nSPS) is 17.0. The molecule has 0 spiro atoms. The summed E-state index contributed by atoms with van der Waals surface area (Å²) in [6.45, 7) is 8.37. The Morgan fingerprint density at radius 2 is 1.87 bits per heavy atom. The fourth-order valence-corrected chi connectivity index (χ4v) is 5.03. The van der Waals surface area contributed by atoms with Crippen LogP contribution >= 0.6 is 0 Å². The molecule has 0 atom stereocenters. The van der Waals surface area contributed by atoms with Crippen LogP contribution in [0.5, 0.6) is 5.88 Å². The van der Waals surface area contributed by atoms with Crippen LogP contribution in [0.1, 0.15) is 16.8 Å². The van der Waals surface area contributed by atoms with Crippen molar-refractivity contribution in [2.45, 2.75) is 19.9 Å². The maximum Gasteiger partial charge on any atom is 0.238 e. The number of ether oxygens (including phenoxy) is 2. The first kappa shape index (κ1) is 24.4. The van der Waals surface area contributed by atoms with E-state index in [-0.39, 0.29) is 5.91 Å². The molecule has 6 rings (SSSR count). The summed E-state index contributed by atoms with van der Waals surface area (Å²) in [5.74, 6) is 1.19. The topological polar surface area (TPSA) is 117 Å². The lowest BCUT2D eigenvalue weighted by Gasteiger charge is -2.32. The first-order chi connectivity index (χ1) is 18.6. The zero-order valence-electron chi connectivity index (χ0n) is 21.5. The minimum atomic E-state index is -0.0251. The number of carbonyl (C=O) groups is 1. The molecule has 0 aliphatic carbocycles. The van der Waals surface area contributed by atoms with Gasteiger partial charge in [0, 0.05) is 49.3 Å². The van der Waals surface area contributed by atoms with E-state index in [0.717, 1.165) is 72.2 Å². The first-order valence-electron chi connectivity index (χ1n) is 13.1. The quantitative estimate of drug-likeness (QED) is 0.451. The van der Waals surface area contributed by atoms with E-state index in [1.54, 1.807) is 0 Å². The fraction of sp³-hybridized carbons (Fsp3) is 0.407. The Morgan fingerprint density at radius 3 is 2.71 bits per heavy atom. The summed E-state index contributed by atoms with van der Waals surface area (Å²) < 4.78 is 11.0. The number of anilines is 5. The van der Waals surface area contributed by atoms with Gasteiger partial charge in [0.1, 0.15) is 12.3 Å². The number of benzene rings is 1. The highest BCUT2D eigenvalue weighted by Crippen LogP contribution is 2.36. The SMILES string of the molecule is Cc1c(N2CCc3cnc(Nc4ccc(NC(=O)CN5CCOCC5)cc4)nc3C2)cnc2c1NCCO2. The molecule has 3 aromatic rings. The number of carbonyl (C=O) groups excluding carboxylic acids is 1. The molecular weight excluding hydrogens is 484 g/mol. The number of fused-ring (bicyclic) bond motifs is 2. The van der Waals surface area contributed by atoms with Crippen LogP contribution in [0, 0.1) is 6.92 Å². The Kier molecular flexibility index (Phi) is 6.93. The Hall–Kier alpha value is -3.96. The van der Waals surface area contributed by atoms with Crippen molar-refractivity contribution in [3.8, 4) is 5.88 Å². The van der Waals surface area contributed by atoms with Crippen molar-refractivity contribution in [3.63, 3.8) is 0 Å². The van der Waals surface area contributed by atoms with Gasteiger partial charge in [-0.05, 0) is 43.2 Å². The lowest BCUT2D eigenvalue weighted by atomic mass is 10.0. The Bertz CT molecular complexity index is 1310. The molecule has 1 fully saturated rings. The van der Waals surface area contributed by atoms with Crippen molar-refractivity contribution in [1.82, 2.24) is 19.9 Å². The first-order valence-corrected chi connectivity index (χ1v) is 13.1. The van der Waals surface area contributed by atoms with Crippen LogP contribution in [0.2, 0.25) is 0 Å². The molecule has 3 N–H and O–H groups in total. The summed E-state index contributed by atoms with van der Waals surface area (Å²) >= 11 is 0. The number of morpholine rings is 1. The number of aromatic nitrogens is 3. The number of rotatable bonds is 6. The minimum Gasteiger partial charge on any atom is -0.474 e. The molecule has 0 saturated carbocycles. The van der Waals surface area contributed by atoms with Crippen molar-refractivity contribution in [3.05, 3.63) is 53.5 Å². The molecule has 1 amide bonds. The molecule has 5 heterocycles. The second-order valence-corrected chi connectivity index (χ2v) is 9.70. The summed E-state index contributed by atoms with van der Waals surface area (Å²) in [7, 11) is 0. The molecular formula is C27H32N8O3. The van der Waals surface area contributed by atoms with Gasteiger partial charge in [0.15, 0.2) is 0 Å². The van der Waals surface area contributed by atoms with Gasteiger partial charge < -0.3 is 30.3 Å². The average Bonchev–Trinajstić information content (AvgIpc) is 2.95. The third-order valence-electron chi connectivity index (χ3n) is 7.10. The molecule has 3 aliphatic rings. The van der Waals surface area contributed by atoms with Crippen LogP contribution in [0.25, 0.3) is 0 Å². The van der Waals surface area contributed by atoms with Gasteiger partial charge in [0.25, 0.3) is 0 Å². The summed E-state index contributed by atoms with van der Waals surface area (Å²) in [5, 5.41) is 9.67. The lowest BCUT2D eigenvalue weighted by Crippen LogP contribution is -2.41. The van der Waals surface area contributed by atoms with E-state index >= 15 is 0 Å². The molecule has 198 valence electrons. The number of hydrogen-bond donors (Lipinski definition) is 3. The molecule has 11 heteroatoms. The van der Waals surface area contributed by atoms with Crippen molar-refractivity contribution in [1.29, 1.82) is 0 Å². The number of nitrogens with zero attached hydrogens (tertiary/aromatic N) is 5. The fourth-order valence-electron chi connectivity index (χ4n) is 5.03.